The number of carbonyl (C=O) groups excluding carboxylic acids is 1. The van der Waals surface area contributed by atoms with E-state index in [0.717, 1.165) is 16.0 Å². The van der Waals surface area contributed by atoms with Crippen LogP contribution in [0.3, 0.4) is 0 Å². The number of carbonyl (C=O) groups is 1. The number of nitrogens with zero attached hydrogens (tertiary/aromatic N) is 2. The second-order valence-corrected chi connectivity index (χ2v) is 7.10. The van der Waals surface area contributed by atoms with Gasteiger partial charge in [-0.2, -0.15) is 0 Å². The number of aromatic nitrogens is 1. The van der Waals surface area contributed by atoms with Gasteiger partial charge in [0.2, 0.25) is 5.91 Å². The highest BCUT2D eigenvalue weighted by Gasteiger charge is 2.36. The minimum atomic E-state index is -0.196. The summed E-state index contributed by atoms with van der Waals surface area (Å²) in [6.45, 7) is 2.63. The maximum atomic E-state index is 12.3. The van der Waals surface area contributed by atoms with Crippen molar-refractivity contribution in [2.45, 2.75) is 32.4 Å². The molecule has 0 radical (unpaired) electrons. The van der Waals surface area contributed by atoms with Crippen molar-refractivity contribution in [1.29, 1.82) is 0 Å². The third kappa shape index (κ3) is 3.75. The SMILES string of the molecule is CC1CC1c1ccc(CN(C)C(=O)Cn2cc(Br)ccc2=O)o1. The number of pyridine rings is 1. The summed E-state index contributed by atoms with van der Waals surface area (Å²) in [6.07, 6.45) is 2.79. The van der Waals surface area contributed by atoms with Crippen LogP contribution in [0, 0.1) is 5.92 Å². The molecule has 122 valence electrons. The number of halogens is 1. The van der Waals surface area contributed by atoms with Crippen LogP contribution in [0.4, 0.5) is 0 Å². The fourth-order valence-corrected chi connectivity index (χ4v) is 2.99. The number of amides is 1. The summed E-state index contributed by atoms with van der Waals surface area (Å²) in [7, 11) is 1.72. The maximum Gasteiger partial charge on any atom is 0.251 e. The van der Waals surface area contributed by atoms with Gasteiger partial charge in [0.1, 0.15) is 18.1 Å². The van der Waals surface area contributed by atoms with E-state index in [9.17, 15) is 9.59 Å². The van der Waals surface area contributed by atoms with E-state index < -0.39 is 0 Å². The molecule has 2 atom stereocenters. The van der Waals surface area contributed by atoms with E-state index >= 15 is 0 Å². The Labute approximate surface area is 143 Å². The van der Waals surface area contributed by atoms with Crippen molar-refractivity contribution < 1.29 is 9.21 Å². The predicted octanol–water partition coefficient (Wildman–Crippen LogP) is 2.99. The third-order valence-electron chi connectivity index (χ3n) is 4.23. The van der Waals surface area contributed by atoms with Crippen LogP contribution in [0.5, 0.6) is 0 Å². The van der Waals surface area contributed by atoms with Crippen molar-refractivity contribution in [2.75, 3.05) is 7.05 Å². The molecule has 0 saturated heterocycles. The van der Waals surface area contributed by atoms with Crippen LogP contribution >= 0.6 is 15.9 Å². The molecule has 5 nitrogen and oxygen atoms in total. The molecule has 1 saturated carbocycles. The minimum absolute atomic E-state index is 0.0159. The number of likely N-dealkylation sites (N-methyl/N-ethyl adjacent to an activating group) is 1. The minimum Gasteiger partial charge on any atom is -0.464 e. The molecule has 1 aliphatic carbocycles. The van der Waals surface area contributed by atoms with E-state index in [-0.39, 0.29) is 18.0 Å². The first-order valence-electron chi connectivity index (χ1n) is 7.62. The second-order valence-electron chi connectivity index (χ2n) is 6.19. The topological polar surface area (TPSA) is 55.5 Å². The smallest absolute Gasteiger partial charge is 0.251 e. The monoisotopic (exact) mass is 378 g/mol. The average molecular weight is 379 g/mol. The molecule has 23 heavy (non-hydrogen) atoms. The highest BCUT2D eigenvalue weighted by Crippen LogP contribution is 2.47. The van der Waals surface area contributed by atoms with E-state index in [4.69, 9.17) is 4.42 Å². The molecule has 2 aromatic heterocycles. The van der Waals surface area contributed by atoms with Crippen molar-refractivity contribution in [3.05, 3.63) is 56.8 Å². The van der Waals surface area contributed by atoms with Gasteiger partial charge in [-0.1, -0.05) is 6.92 Å². The van der Waals surface area contributed by atoms with Crippen molar-refractivity contribution in [1.82, 2.24) is 9.47 Å². The summed E-state index contributed by atoms with van der Waals surface area (Å²) in [4.78, 5) is 25.6. The van der Waals surface area contributed by atoms with Crippen LogP contribution in [0.1, 0.15) is 30.8 Å². The lowest BCUT2D eigenvalue weighted by Crippen LogP contribution is -2.33. The van der Waals surface area contributed by atoms with Crippen molar-refractivity contribution in [2.24, 2.45) is 5.92 Å². The van der Waals surface area contributed by atoms with Crippen molar-refractivity contribution in [3.63, 3.8) is 0 Å². The first kappa shape index (κ1) is 16.1. The van der Waals surface area contributed by atoms with Gasteiger partial charge in [0.15, 0.2) is 0 Å². The van der Waals surface area contributed by atoms with Gasteiger partial charge in [0.05, 0.1) is 6.54 Å². The molecular formula is C17H19BrN2O3. The van der Waals surface area contributed by atoms with Crippen LogP contribution in [-0.2, 0) is 17.9 Å². The fraction of sp³-hybridized carbons (Fsp3) is 0.412. The molecule has 3 rings (SSSR count). The molecule has 6 heteroatoms. The Morgan fingerprint density at radius 2 is 2.13 bits per heavy atom. The van der Waals surface area contributed by atoms with Gasteiger partial charge in [-0.15, -0.1) is 0 Å². The van der Waals surface area contributed by atoms with Crippen molar-refractivity contribution >= 4 is 21.8 Å². The first-order chi connectivity index (χ1) is 10.9. The lowest BCUT2D eigenvalue weighted by atomic mass is 10.3. The molecule has 0 N–H and O–H groups in total. The Morgan fingerprint density at radius 3 is 2.83 bits per heavy atom. The molecule has 0 aliphatic heterocycles. The molecule has 1 fully saturated rings. The third-order valence-corrected chi connectivity index (χ3v) is 4.70. The van der Waals surface area contributed by atoms with Gasteiger partial charge in [-0.25, -0.2) is 0 Å². The fourth-order valence-electron chi connectivity index (χ4n) is 2.61. The summed E-state index contributed by atoms with van der Waals surface area (Å²) in [6, 6.07) is 7.03. The number of rotatable bonds is 5. The van der Waals surface area contributed by atoms with Gasteiger partial charge in [0.25, 0.3) is 5.56 Å². The quantitative estimate of drug-likeness (QED) is 0.803. The highest BCUT2D eigenvalue weighted by molar-refractivity contribution is 9.10. The Morgan fingerprint density at radius 1 is 1.39 bits per heavy atom. The lowest BCUT2D eigenvalue weighted by molar-refractivity contribution is -0.131. The Hall–Kier alpha value is -1.82. The molecule has 0 bridgehead atoms. The standard InChI is InChI=1S/C17H19BrN2O3/c1-11-7-14(11)15-5-4-13(23-15)9-19(2)17(22)10-20-8-12(18)3-6-16(20)21/h3-6,8,11,14H,7,9-10H2,1-2H3. The second kappa shape index (κ2) is 6.35. The largest absolute Gasteiger partial charge is 0.464 e. The molecule has 1 amide bonds. The Bertz CT molecular complexity index is 780. The van der Waals surface area contributed by atoms with Crippen LogP contribution in [0.2, 0.25) is 0 Å². The molecule has 0 aromatic carbocycles. The molecular weight excluding hydrogens is 360 g/mol. The molecule has 2 heterocycles. The van der Waals surface area contributed by atoms with Crippen LogP contribution < -0.4 is 5.56 Å². The normalized spacial score (nSPS) is 19.6. The number of hydrogen-bond donors (Lipinski definition) is 0. The zero-order chi connectivity index (χ0) is 16.6. The summed E-state index contributed by atoms with van der Waals surface area (Å²) in [5, 5.41) is 0. The number of hydrogen-bond acceptors (Lipinski definition) is 3. The first-order valence-corrected chi connectivity index (χ1v) is 8.42. The van der Waals surface area contributed by atoms with Crippen molar-refractivity contribution in [3.8, 4) is 0 Å². The molecule has 0 spiro atoms. The lowest BCUT2D eigenvalue weighted by Gasteiger charge is -2.16. The van der Waals surface area contributed by atoms with Crippen LogP contribution in [0.25, 0.3) is 0 Å². The van der Waals surface area contributed by atoms with Gasteiger partial charge >= 0.3 is 0 Å². The van der Waals surface area contributed by atoms with Crippen LogP contribution in [0.15, 0.2) is 44.1 Å². The van der Waals surface area contributed by atoms with E-state index in [1.54, 1.807) is 24.2 Å². The zero-order valence-electron chi connectivity index (χ0n) is 13.2. The van der Waals surface area contributed by atoms with E-state index in [1.165, 1.54) is 17.1 Å². The van der Waals surface area contributed by atoms with E-state index in [1.807, 2.05) is 12.1 Å². The van der Waals surface area contributed by atoms with E-state index in [0.29, 0.717) is 18.4 Å². The molecule has 2 aromatic rings. The van der Waals surface area contributed by atoms with Gasteiger partial charge in [-0.05, 0) is 46.5 Å². The predicted molar refractivity (Wildman–Crippen MR) is 90.1 cm³/mol. The summed E-state index contributed by atoms with van der Waals surface area (Å²) < 4.78 is 7.98. The molecule has 2 unspecified atom stereocenters. The zero-order valence-corrected chi connectivity index (χ0v) is 14.7. The van der Waals surface area contributed by atoms with Gasteiger partial charge in [-0.3, -0.25) is 9.59 Å². The highest BCUT2D eigenvalue weighted by atomic mass is 79.9. The van der Waals surface area contributed by atoms with Gasteiger partial charge in [0, 0.05) is 29.7 Å². The molecule has 1 aliphatic rings. The van der Waals surface area contributed by atoms with E-state index in [2.05, 4.69) is 22.9 Å². The maximum absolute atomic E-state index is 12.3. The Balaban J connectivity index is 1.62. The average Bonchev–Trinajstić information content (AvgIpc) is 3.05. The van der Waals surface area contributed by atoms with Gasteiger partial charge < -0.3 is 13.9 Å². The number of furan rings is 1. The Kier molecular flexibility index (Phi) is 4.43. The van der Waals surface area contributed by atoms with Crippen LogP contribution in [-0.4, -0.2) is 22.4 Å². The summed E-state index contributed by atoms with van der Waals surface area (Å²) in [5.41, 5.74) is -0.196. The summed E-state index contributed by atoms with van der Waals surface area (Å²) in [5.74, 6) is 2.87. The summed E-state index contributed by atoms with van der Waals surface area (Å²) >= 11 is 3.30.